The summed E-state index contributed by atoms with van der Waals surface area (Å²) in [6.45, 7) is 0.214. The third kappa shape index (κ3) is 3.66. The average Bonchev–Trinajstić information content (AvgIpc) is 2.37. The molecule has 0 saturated carbocycles. The number of nitrogens with one attached hydrogen (secondary N) is 1. The Labute approximate surface area is 109 Å². The lowest BCUT2D eigenvalue weighted by atomic mass is 10.2. The molecule has 1 N–H and O–H groups in total. The monoisotopic (exact) mass is 273 g/mol. The van der Waals surface area contributed by atoms with Crippen LogP contribution in [-0.2, 0) is 4.79 Å². The van der Waals surface area contributed by atoms with Crippen molar-refractivity contribution < 1.29 is 14.0 Å². The highest BCUT2D eigenvalue weighted by atomic mass is 35.5. The van der Waals surface area contributed by atoms with E-state index in [1.165, 1.54) is 19.0 Å². The molecule has 1 heterocycles. The zero-order valence-electron chi connectivity index (χ0n) is 10.0. The molecular weight excluding hydrogens is 261 g/mol. The predicted molar refractivity (Wildman–Crippen MR) is 64.8 cm³/mol. The second kappa shape index (κ2) is 6.30. The maximum absolute atomic E-state index is 13.0. The van der Waals surface area contributed by atoms with Crippen LogP contribution in [0, 0.1) is 5.82 Å². The first-order valence-corrected chi connectivity index (χ1v) is 5.60. The first kappa shape index (κ1) is 14.4. The molecule has 1 aromatic heterocycles. The molecule has 18 heavy (non-hydrogen) atoms. The molecule has 0 bridgehead atoms. The predicted octanol–water partition coefficient (Wildman–Crippen LogP) is 1.08. The average molecular weight is 274 g/mol. The summed E-state index contributed by atoms with van der Waals surface area (Å²) >= 11 is 5.72. The van der Waals surface area contributed by atoms with E-state index in [9.17, 15) is 14.0 Å². The summed E-state index contributed by atoms with van der Waals surface area (Å²) < 4.78 is 13.0. The Morgan fingerprint density at radius 2 is 2.22 bits per heavy atom. The Bertz CT molecular complexity index is 468. The van der Waals surface area contributed by atoms with Crippen LogP contribution in [0.4, 0.5) is 4.39 Å². The SMILES string of the molecule is CNC(=O)CCN(C)C(=O)c1cc(F)cnc1Cl. The van der Waals surface area contributed by atoms with Crippen molar-refractivity contribution in [2.45, 2.75) is 6.42 Å². The van der Waals surface area contributed by atoms with E-state index in [-0.39, 0.29) is 29.6 Å². The zero-order chi connectivity index (χ0) is 13.7. The molecule has 0 aliphatic carbocycles. The van der Waals surface area contributed by atoms with Gasteiger partial charge in [-0.2, -0.15) is 0 Å². The summed E-state index contributed by atoms with van der Waals surface area (Å²) in [5, 5.41) is 2.38. The highest BCUT2D eigenvalue weighted by Gasteiger charge is 2.17. The lowest BCUT2D eigenvalue weighted by molar-refractivity contribution is -0.120. The van der Waals surface area contributed by atoms with Crippen LogP contribution in [0.1, 0.15) is 16.8 Å². The molecule has 1 rings (SSSR count). The van der Waals surface area contributed by atoms with E-state index in [0.717, 1.165) is 12.3 Å². The van der Waals surface area contributed by atoms with E-state index in [1.807, 2.05) is 0 Å². The summed E-state index contributed by atoms with van der Waals surface area (Å²) in [7, 11) is 3.02. The van der Waals surface area contributed by atoms with Gasteiger partial charge in [-0.15, -0.1) is 0 Å². The molecule has 0 aromatic carbocycles. The van der Waals surface area contributed by atoms with E-state index in [4.69, 9.17) is 11.6 Å². The largest absolute Gasteiger partial charge is 0.359 e. The standard InChI is InChI=1S/C11H13ClFN3O2/c1-14-9(17)3-4-16(2)11(18)8-5-7(13)6-15-10(8)12/h5-6H,3-4H2,1-2H3,(H,14,17). The molecular formula is C11H13ClFN3O2. The molecule has 0 saturated heterocycles. The van der Waals surface area contributed by atoms with Crippen molar-refractivity contribution in [1.29, 1.82) is 0 Å². The minimum absolute atomic E-state index is 0.0175. The van der Waals surface area contributed by atoms with Gasteiger partial charge in [-0.05, 0) is 6.07 Å². The van der Waals surface area contributed by atoms with E-state index in [2.05, 4.69) is 10.3 Å². The first-order chi connectivity index (χ1) is 8.45. The molecule has 0 unspecified atom stereocenters. The van der Waals surface area contributed by atoms with Crippen LogP contribution in [0.15, 0.2) is 12.3 Å². The van der Waals surface area contributed by atoms with Crippen molar-refractivity contribution in [3.05, 3.63) is 28.8 Å². The molecule has 0 aliphatic heterocycles. The van der Waals surface area contributed by atoms with E-state index >= 15 is 0 Å². The molecule has 0 radical (unpaired) electrons. The van der Waals surface area contributed by atoms with Gasteiger partial charge in [-0.3, -0.25) is 9.59 Å². The summed E-state index contributed by atoms with van der Waals surface area (Å²) in [5.74, 6) is -1.29. The highest BCUT2D eigenvalue weighted by molar-refractivity contribution is 6.32. The van der Waals surface area contributed by atoms with Gasteiger partial charge in [0.25, 0.3) is 5.91 Å². The van der Waals surface area contributed by atoms with Gasteiger partial charge in [0, 0.05) is 27.1 Å². The van der Waals surface area contributed by atoms with Gasteiger partial charge >= 0.3 is 0 Å². The van der Waals surface area contributed by atoms with Gasteiger partial charge in [0.1, 0.15) is 11.0 Å². The number of aromatic nitrogens is 1. The molecule has 98 valence electrons. The van der Waals surface area contributed by atoms with Crippen molar-refractivity contribution in [1.82, 2.24) is 15.2 Å². The molecule has 5 nitrogen and oxygen atoms in total. The number of rotatable bonds is 4. The molecule has 0 fully saturated rings. The lowest BCUT2D eigenvalue weighted by Gasteiger charge is -2.17. The Balaban J connectivity index is 2.74. The second-order valence-corrected chi connectivity index (χ2v) is 4.00. The molecule has 1 aromatic rings. The number of hydrogen-bond acceptors (Lipinski definition) is 3. The minimum atomic E-state index is -0.637. The molecule has 0 spiro atoms. The van der Waals surface area contributed by atoms with Gasteiger partial charge in [0.2, 0.25) is 5.91 Å². The van der Waals surface area contributed by atoms with Gasteiger partial charge in [-0.25, -0.2) is 9.37 Å². The fourth-order valence-corrected chi connectivity index (χ4v) is 1.46. The van der Waals surface area contributed by atoms with Gasteiger partial charge in [-0.1, -0.05) is 11.6 Å². The summed E-state index contributed by atoms with van der Waals surface area (Å²) in [6, 6.07) is 1.02. The van der Waals surface area contributed by atoms with Crippen LogP contribution in [0.2, 0.25) is 5.15 Å². The van der Waals surface area contributed by atoms with Crippen molar-refractivity contribution in [3.63, 3.8) is 0 Å². The molecule has 0 atom stereocenters. The van der Waals surface area contributed by atoms with E-state index in [1.54, 1.807) is 0 Å². The van der Waals surface area contributed by atoms with Gasteiger partial charge in [0.15, 0.2) is 0 Å². The van der Waals surface area contributed by atoms with Crippen LogP contribution in [0.5, 0.6) is 0 Å². The Kier molecular flexibility index (Phi) is 5.03. The fourth-order valence-electron chi connectivity index (χ4n) is 1.27. The number of pyridine rings is 1. The topological polar surface area (TPSA) is 62.3 Å². The van der Waals surface area contributed by atoms with Crippen molar-refractivity contribution in [2.24, 2.45) is 0 Å². The number of carbonyl (C=O) groups excluding carboxylic acids is 2. The maximum atomic E-state index is 13.0. The third-order valence-corrected chi connectivity index (χ3v) is 2.64. The number of amides is 2. The van der Waals surface area contributed by atoms with Crippen molar-refractivity contribution in [3.8, 4) is 0 Å². The smallest absolute Gasteiger partial charge is 0.256 e. The van der Waals surface area contributed by atoms with Crippen LogP contribution in [-0.4, -0.2) is 42.3 Å². The zero-order valence-corrected chi connectivity index (χ0v) is 10.8. The van der Waals surface area contributed by atoms with Crippen LogP contribution >= 0.6 is 11.6 Å². The van der Waals surface area contributed by atoms with Crippen LogP contribution in [0.25, 0.3) is 0 Å². The van der Waals surface area contributed by atoms with Gasteiger partial charge in [0.05, 0.1) is 11.8 Å². The number of halogens is 2. The summed E-state index contributed by atoms with van der Waals surface area (Å²) in [6.07, 6.45) is 1.10. The Hall–Kier alpha value is -1.69. The molecule has 0 aliphatic rings. The van der Waals surface area contributed by atoms with E-state index < -0.39 is 11.7 Å². The van der Waals surface area contributed by atoms with Crippen molar-refractivity contribution >= 4 is 23.4 Å². The summed E-state index contributed by atoms with van der Waals surface area (Å²) in [5.41, 5.74) is -0.0175. The number of nitrogens with zero attached hydrogens (tertiary/aromatic N) is 2. The fraction of sp³-hybridized carbons (Fsp3) is 0.364. The van der Waals surface area contributed by atoms with E-state index in [0.29, 0.717) is 0 Å². The second-order valence-electron chi connectivity index (χ2n) is 3.64. The van der Waals surface area contributed by atoms with Crippen LogP contribution < -0.4 is 5.32 Å². The highest BCUT2D eigenvalue weighted by Crippen LogP contribution is 2.15. The normalized spacial score (nSPS) is 10.0. The quantitative estimate of drug-likeness (QED) is 0.835. The Morgan fingerprint density at radius 3 is 2.83 bits per heavy atom. The Morgan fingerprint density at radius 1 is 1.56 bits per heavy atom. The summed E-state index contributed by atoms with van der Waals surface area (Å²) in [4.78, 5) is 27.8. The minimum Gasteiger partial charge on any atom is -0.359 e. The lowest BCUT2D eigenvalue weighted by Crippen LogP contribution is -2.31. The molecule has 2 amide bonds. The first-order valence-electron chi connectivity index (χ1n) is 5.22. The number of hydrogen-bond donors (Lipinski definition) is 1. The third-order valence-electron chi connectivity index (χ3n) is 2.34. The maximum Gasteiger partial charge on any atom is 0.256 e. The molecule has 7 heteroatoms. The van der Waals surface area contributed by atoms with Crippen LogP contribution in [0.3, 0.4) is 0 Å². The van der Waals surface area contributed by atoms with Gasteiger partial charge < -0.3 is 10.2 Å². The number of carbonyl (C=O) groups is 2. The van der Waals surface area contributed by atoms with Crippen molar-refractivity contribution in [2.75, 3.05) is 20.6 Å².